The van der Waals surface area contributed by atoms with Crippen molar-refractivity contribution in [3.8, 4) is 0 Å². The average Bonchev–Trinajstić information content (AvgIpc) is 2.15. The Balaban J connectivity index is 2.30. The molecule has 0 fully saturated rings. The Morgan fingerprint density at radius 2 is 2.36 bits per heavy atom. The SMILES string of the molecule is O=C(O)CC(O)CSc1cnccn1. The summed E-state index contributed by atoms with van der Waals surface area (Å²) < 4.78 is 0. The van der Waals surface area contributed by atoms with Crippen LogP contribution in [-0.2, 0) is 4.79 Å². The monoisotopic (exact) mass is 214 g/mol. The summed E-state index contributed by atoms with van der Waals surface area (Å²) in [4.78, 5) is 18.0. The highest BCUT2D eigenvalue weighted by molar-refractivity contribution is 7.99. The molecule has 0 amide bonds. The van der Waals surface area contributed by atoms with Crippen LogP contribution in [0.5, 0.6) is 0 Å². The lowest BCUT2D eigenvalue weighted by molar-refractivity contribution is -0.138. The molecule has 0 radical (unpaired) electrons. The smallest absolute Gasteiger partial charge is 0.306 e. The second kappa shape index (κ2) is 5.56. The van der Waals surface area contributed by atoms with Crippen molar-refractivity contribution in [3.05, 3.63) is 18.6 Å². The molecule has 0 aromatic carbocycles. The number of aliphatic hydroxyl groups excluding tert-OH is 1. The number of rotatable bonds is 5. The van der Waals surface area contributed by atoms with Gasteiger partial charge < -0.3 is 10.2 Å². The van der Waals surface area contributed by atoms with Crippen molar-refractivity contribution in [2.24, 2.45) is 0 Å². The molecule has 0 aliphatic carbocycles. The number of nitrogens with zero attached hydrogens (tertiary/aromatic N) is 2. The average molecular weight is 214 g/mol. The highest BCUT2D eigenvalue weighted by Crippen LogP contribution is 2.14. The first kappa shape index (κ1) is 10.9. The molecule has 5 nitrogen and oxygen atoms in total. The molecule has 76 valence electrons. The van der Waals surface area contributed by atoms with Gasteiger partial charge >= 0.3 is 5.97 Å². The first-order valence-electron chi connectivity index (χ1n) is 3.97. The van der Waals surface area contributed by atoms with Gasteiger partial charge in [0.1, 0.15) is 5.03 Å². The van der Waals surface area contributed by atoms with Crippen LogP contribution in [0.4, 0.5) is 0 Å². The first-order valence-corrected chi connectivity index (χ1v) is 4.95. The minimum Gasteiger partial charge on any atom is -0.481 e. The molecule has 1 rings (SSSR count). The summed E-state index contributed by atoms with van der Waals surface area (Å²) in [7, 11) is 0. The Morgan fingerprint density at radius 1 is 1.57 bits per heavy atom. The highest BCUT2D eigenvalue weighted by Gasteiger charge is 2.09. The van der Waals surface area contributed by atoms with Crippen LogP contribution in [0.3, 0.4) is 0 Å². The minimum atomic E-state index is -1.00. The maximum absolute atomic E-state index is 10.2. The Bertz CT molecular complexity index is 294. The van der Waals surface area contributed by atoms with Crippen molar-refractivity contribution >= 4 is 17.7 Å². The summed E-state index contributed by atoms with van der Waals surface area (Å²) >= 11 is 1.28. The van der Waals surface area contributed by atoms with Gasteiger partial charge in [-0.25, -0.2) is 4.98 Å². The number of carboxylic acids is 1. The second-order valence-corrected chi connectivity index (χ2v) is 3.65. The molecule has 0 aliphatic rings. The highest BCUT2D eigenvalue weighted by atomic mass is 32.2. The van der Waals surface area contributed by atoms with Gasteiger partial charge in [-0.05, 0) is 0 Å². The van der Waals surface area contributed by atoms with E-state index in [1.165, 1.54) is 11.8 Å². The maximum Gasteiger partial charge on any atom is 0.306 e. The Hall–Kier alpha value is -1.14. The fourth-order valence-electron chi connectivity index (χ4n) is 0.802. The summed E-state index contributed by atoms with van der Waals surface area (Å²) in [5, 5.41) is 18.3. The van der Waals surface area contributed by atoms with Crippen LogP contribution in [-0.4, -0.2) is 38.0 Å². The van der Waals surface area contributed by atoms with Gasteiger partial charge in [0.2, 0.25) is 0 Å². The van der Waals surface area contributed by atoms with E-state index in [0.29, 0.717) is 10.8 Å². The van der Waals surface area contributed by atoms with E-state index in [1.807, 2.05) is 0 Å². The molecule has 0 aliphatic heterocycles. The summed E-state index contributed by atoms with van der Waals surface area (Å²) in [5.41, 5.74) is 0. The second-order valence-electron chi connectivity index (χ2n) is 2.61. The molecule has 14 heavy (non-hydrogen) atoms. The Kier molecular flexibility index (Phi) is 4.34. The zero-order valence-electron chi connectivity index (χ0n) is 7.33. The van der Waals surface area contributed by atoms with Gasteiger partial charge in [0.15, 0.2) is 0 Å². The van der Waals surface area contributed by atoms with E-state index in [1.54, 1.807) is 18.6 Å². The predicted octanol–water partition coefficient (Wildman–Crippen LogP) is 0.404. The predicted molar refractivity (Wildman–Crippen MR) is 51.0 cm³/mol. The van der Waals surface area contributed by atoms with Crippen LogP contribution in [0.1, 0.15) is 6.42 Å². The minimum absolute atomic E-state index is 0.243. The third-order valence-electron chi connectivity index (χ3n) is 1.37. The van der Waals surface area contributed by atoms with Crippen LogP contribution in [0.25, 0.3) is 0 Å². The summed E-state index contributed by atoms with van der Waals surface area (Å²) in [5.74, 6) is -0.692. The van der Waals surface area contributed by atoms with E-state index in [0.717, 1.165) is 0 Å². The van der Waals surface area contributed by atoms with Crippen LogP contribution in [0.2, 0.25) is 0 Å². The molecule has 0 saturated heterocycles. The van der Waals surface area contributed by atoms with Gasteiger partial charge in [-0.3, -0.25) is 9.78 Å². The molecule has 1 unspecified atom stereocenters. The summed E-state index contributed by atoms with van der Waals surface area (Å²) in [6.07, 6.45) is 3.58. The summed E-state index contributed by atoms with van der Waals surface area (Å²) in [6, 6.07) is 0. The molecule has 1 aromatic heterocycles. The molecule has 2 N–H and O–H groups in total. The van der Waals surface area contributed by atoms with Gasteiger partial charge in [-0.15, -0.1) is 11.8 Å². The third-order valence-corrected chi connectivity index (χ3v) is 2.43. The zero-order chi connectivity index (χ0) is 10.4. The number of aromatic nitrogens is 2. The van der Waals surface area contributed by atoms with Crippen molar-refractivity contribution in [1.82, 2.24) is 9.97 Å². The van der Waals surface area contributed by atoms with Crippen molar-refractivity contribution in [2.75, 3.05) is 5.75 Å². The molecule has 1 aromatic rings. The lowest BCUT2D eigenvalue weighted by Crippen LogP contribution is -2.15. The maximum atomic E-state index is 10.2. The number of hydrogen-bond donors (Lipinski definition) is 2. The van der Waals surface area contributed by atoms with E-state index in [-0.39, 0.29) is 6.42 Å². The van der Waals surface area contributed by atoms with Crippen molar-refractivity contribution in [3.63, 3.8) is 0 Å². The van der Waals surface area contributed by atoms with E-state index in [4.69, 9.17) is 5.11 Å². The van der Waals surface area contributed by atoms with Crippen LogP contribution >= 0.6 is 11.8 Å². The molecular weight excluding hydrogens is 204 g/mol. The lowest BCUT2D eigenvalue weighted by atomic mass is 10.3. The molecule has 1 heterocycles. The van der Waals surface area contributed by atoms with E-state index < -0.39 is 12.1 Å². The number of aliphatic hydroxyl groups is 1. The quantitative estimate of drug-likeness (QED) is 0.690. The Morgan fingerprint density at radius 3 is 2.93 bits per heavy atom. The Labute approximate surface area is 85.2 Å². The number of hydrogen-bond acceptors (Lipinski definition) is 5. The van der Waals surface area contributed by atoms with Crippen LogP contribution < -0.4 is 0 Å². The molecule has 6 heteroatoms. The molecule has 0 bridgehead atoms. The largest absolute Gasteiger partial charge is 0.481 e. The third kappa shape index (κ3) is 4.20. The topological polar surface area (TPSA) is 83.3 Å². The van der Waals surface area contributed by atoms with Crippen molar-refractivity contribution < 1.29 is 15.0 Å². The molecule has 0 spiro atoms. The van der Waals surface area contributed by atoms with Crippen molar-refractivity contribution in [1.29, 1.82) is 0 Å². The number of aliphatic carboxylic acids is 1. The number of carbonyl (C=O) groups is 1. The van der Waals surface area contributed by atoms with Gasteiger partial charge in [0.05, 0.1) is 18.7 Å². The van der Waals surface area contributed by atoms with Gasteiger partial charge in [0.25, 0.3) is 0 Å². The molecular formula is C8H10N2O3S. The van der Waals surface area contributed by atoms with E-state index in [2.05, 4.69) is 9.97 Å². The normalized spacial score (nSPS) is 12.4. The van der Waals surface area contributed by atoms with Gasteiger partial charge in [0, 0.05) is 18.1 Å². The molecule has 0 saturated carbocycles. The van der Waals surface area contributed by atoms with Crippen LogP contribution in [0.15, 0.2) is 23.6 Å². The number of carboxylic acid groups (broad SMARTS) is 1. The van der Waals surface area contributed by atoms with Crippen molar-refractivity contribution in [2.45, 2.75) is 17.6 Å². The standard InChI is InChI=1S/C8H10N2O3S/c11-6(3-8(12)13)5-14-7-4-9-1-2-10-7/h1-2,4,6,11H,3,5H2,(H,12,13). The summed E-state index contributed by atoms with van der Waals surface area (Å²) in [6.45, 7) is 0. The van der Waals surface area contributed by atoms with E-state index in [9.17, 15) is 9.90 Å². The van der Waals surface area contributed by atoms with Gasteiger partial charge in [-0.2, -0.15) is 0 Å². The fraction of sp³-hybridized carbons (Fsp3) is 0.375. The number of thioether (sulfide) groups is 1. The fourth-order valence-corrected chi connectivity index (χ4v) is 1.55. The first-order chi connectivity index (χ1) is 6.68. The lowest BCUT2D eigenvalue weighted by Gasteiger charge is -2.05. The van der Waals surface area contributed by atoms with Gasteiger partial charge in [-0.1, -0.05) is 0 Å². The van der Waals surface area contributed by atoms with E-state index >= 15 is 0 Å². The van der Waals surface area contributed by atoms with Crippen LogP contribution in [0, 0.1) is 0 Å². The zero-order valence-corrected chi connectivity index (χ0v) is 8.15. The molecule has 1 atom stereocenters.